The number of anilines is 1. The summed E-state index contributed by atoms with van der Waals surface area (Å²) in [5.41, 5.74) is 0.349. The normalized spacial score (nSPS) is 19.2. The van der Waals surface area contributed by atoms with E-state index >= 15 is 0 Å². The van der Waals surface area contributed by atoms with Crippen molar-refractivity contribution < 1.29 is 18.0 Å². The highest BCUT2D eigenvalue weighted by Gasteiger charge is 2.33. The van der Waals surface area contributed by atoms with Gasteiger partial charge < -0.3 is 19.8 Å². The summed E-state index contributed by atoms with van der Waals surface area (Å²) in [4.78, 5) is 38.4. The number of carbonyl (C=O) groups is 1. The Balaban J connectivity index is 1.41. The summed E-state index contributed by atoms with van der Waals surface area (Å²) in [5, 5.41) is 2.35. The summed E-state index contributed by atoms with van der Waals surface area (Å²) in [5.74, 6) is 0.227. The van der Waals surface area contributed by atoms with Crippen molar-refractivity contribution in [2.75, 3.05) is 12.4 Å². The molecular weight excluding hydrogens is 425 g/mol. The number of rotatable bonds is 3. The zero-order chi connectivity index (χ0) is 23.0. The van der Waals surface area contributed by atoms with Gasteiger partial charge >= 0.3 is 12.2 Å². The van der Waals surface area contributed by atoms with Crippen LogP contribution in [-0.2, 0) is 13.2 Å². The Morgan fingerprint density at radius 3 is 2.69 bits per heavy atom. The van der Waals surface area contributed by atoms with Gasteiger partial charge in [0.25, 0.3) is 5.56 Å². The fourth-order valence-corrected chi connectivity index (χ4v) is 4.13. The van der Waals surface area contributed by atoms with Gasteiger partial charge in [-0.25, -0.2) is 14.8 Å². The Bertz CT molecular complexity index is 1190. The maximum atomic E-state index is 13.1. The highest BCUT2D eigenvalue weighted by atomic mass is 19.4. The molecule has 0 aliphatic heterocycles. The maximum absolute atomic E-state index is 13.1. The molecule has 4 rings (SSSR count). The number of aryl methyl sites for hydroxylation is 1. The molecule has 0 bridgehead atoms. The number of alkyl halides is 3. The van der Waals surface area contributed by atoms with E-state index in [1.54, 1.807) is 19.4 Å². The van der Waals surface area contributed by atoms with E-state index in [0.717, 1.165) is 34.3 Å². The molecule has 8 nitrogen and oxygen atoms in total. The minimum Gasteiger partial charge on any atom is -0.345 e. The lowest BCUT2D eigenvalue weighted by Crippen LogP contribution is -2.42. The quantitative estimate of drug-likeness (QED) is 0.636. The van der Waals surface area contributed by atoms with Crippen molar-refractivity contribution in [2.24, 2.45) is 7.05 Å². The van der Waals surface area contributed by atoms with Crippen molar-refractivity contribution >= 4 is 22.9 Å². The fraction of sp³-hybridized carbons (Fsp3) is 0.429. The third-order valence-electron chi connectivity index (χ3n) is 6.01. The van der Waals surface area contributed by atoms with E-state index in [1.165, 1.54) is 11.9 Å². The van der Waals surface area contributed by atoms with Gasteiger partial charge in [-0.05, 0) is 37.8 Å². The van der Waals surface area contributed by atoms with Gasteiger partial charge in [0.05, 0.1) is 17.5 Å². The topological polar surface area (TPSA) is 95.9 Å². The van der Waals surface area contributed by atoms with Crippen LogP contribution in [0.3, 0.4) is 0 Å². The smallest absolute Gasteiger partial charge is 0.345 e. The number of hydrogen-bond donors (Lipinski definition) is 2. The van der Waals surface area contributed by atoms with Crippen LogP contribution in [0.1, 0.15) is 42.9 Å². The molecule has 3 aromatic heterocycles. The number of nitrogens with one attached hydrogen (secondary N) is 2. The minimum atomic E-state index is -4.62. The molecule has 3 aromatic rings. The molecule has 0 spiro atoms. The first kappa shape index (κ1) is 21.8. The van der Waals surface area contributed by atoms with E-state index in [0.29, 0.717) is 25.1 Å². The van der Waals surface area contributed by atoms with Crippen molar-refractivity contribution in [2.45, 2.75) is 43.8 Å². The van der Waals surface area contributed by atoms with Crippen molar-refractivity contribution in [3.63, 3.8) is 0 Å². The SMILES string of the molecule is CN(C(=O)Nc1cc(C(F)(F)F)cn(C)c1=O)C1CCC(c2cnc3[nH]ccc3n2)CC1. The monoisotopic (exact) mass is 448 g/mol. The van der Waals surface area contributed by atoms with E-state index in [2.05, 4.69) is 20.3 Å². The van der Waals surface area contributed by atoms with Gasteiger partial charge in [-0.1, -0.05) is 0 Å². The number of fused-ring (bicyclic) bond motifs is 1. The summed E-state index contributed by atoms with van der Waals surface area (Å²) < 4.78 is 40.0. The fourth-order valence-electron chi connectivity index (χ4n) is 4.13. The van der Waals surface area contributed by atoms with Crippen LogP contribution in [0.2, 0.25) is 0 Å². The van der Waals surface area contributed by atoms with E-state index in [9.17, 15) is 22.8 Å². The Kier molecular flexibility index (Phi) is 5.66. The largest absolute Gasteiger partial charge is 0.417 e. The van der Waals surface area contributed by atoms with Crippen LogP contribution in [0.15, 0.2) is 35.5 Å². The molecule has 1 saturated carbocycles. The van der Waals surface area contributed by atoms with E-state index in [4.69, 9.17) is 0 Å². The van der Waals surface area contributed by atoms with Gasteiger partial charge in [0.2, 0.25) is 0 Å². The Morgan fingerprint density at radius 2 is 2.00 bits per heavy atom. The summed E-state index contributed by atoms with van der Waals surface area (Å²) in [6.07, 6.45) is 2.67. The molecule has 11 heteroatoms. The second kappa shape index (κ2) is 8.29. The predicted octanol–water partition coefficient (Wildman–Crippen LogP) is 3.87. The predicted molar refractivity (Wildman–Crippen MR) is 112 cm³/mol. The summed E-state index contributed by atoms with van der Waals surface area (Å²) >= 11 is 0. The number of hydrogen-bond acceptors (Lipinski definition) is 4. The van der Waals surface area contributed by atoms with Gasteiger partial charge in [0, 0.05) is 38.4 Å². The Labute approximate surface area is 181 Å². The average molecular weight is 448 g/mol. The molecule has 170 valence electrons. The van der Waals surface area contributed by atoms with Crippen molar-refractivity contribution in [3.8, 4) is 0 Å². The van der Waals surface area contributed by atoms with Crippen molar-refractivity contribution in [3.05, 3.63) is 52.3 Å². The van der Waals surface area contributed by atoms with Crippen LogP contribution >= 0.6 is 0 Å². The molecule has 0 unspecified atom stereocenters. The van der Waals surface area contributed by atoms with Crippen molar-refractivity contribution in [1.82, 2.24) is 24.4 Å². The van der Waals surface area contributed by atoms with E-state index in [-0.39, 0.29) is 12.0 Å². The van der Waals surface area contributed by atoms with Crippen LogP contribution in [0.4, 0.5) is 23.7 Å². The molecule has 0 atom stereocenters. The molecule has 32 heavy (non-hydrogen) atoms. The second-order valence-corrected chi connectivity index (χ2v) is 8.11. The third-order valence-corrected chi connectivity index (χ3v) is 6.01. The van der Waals surface area contributed by atoms with Gasteiger partial charge in [-0.15, -0.1) is 0 Å². The van der Waals surface area contributed by atoms with Crippen LogP contribution in [-0.4, -0.2) is 43.5 Å². The highest BCUT2D eigenvalue weighted by Crippen LogP contribution is 2.34. The first-order chi connectivity index (χ1) is 15.1. The second-order valence-electron chi connectivity index (χ2n) is 8.11. The van der Waals surface area contributed by atoms with E-state index in [1.807, 2.05) is 6.07 Å². The molecule has 0 saturated heterocycles. The lowest BCUT2D eigenvalue weighted by molar-refractivity contribution is -0.138. The Morgan fingerprint density at radius 1 is 1.28 bits per heavy atom. The number of aromatic amines is 1. The number of pyridine rings is 1. The number of nitrogens with zero attached hydrogens (tertiary/aromatic N) is 4. The van der Waals surface area contributed by atoms with Crippen LogP contribution in [0, 0.1) is 0 Å². The zero-order valence-corrected chi connectivity index (χ0v) is 17.6. The molecule has 0 radical (unpaired) electrons. The van der Waals surface area contributed by atoms with Gasteiger partial charge in [0.1, 0.15) is 11.2 Å². The first-order valence-corrected chi connectivity index (χ1v) is 10.2. The minimum absolute atomic E-state index is 0.0927. The summed E-state index contributed by atoms with van der Waals surface area (Å²) in [7, 11) is 2.80. The molecule has 1 aliphatic carbocycles. The molecule has 2 N–H and O–H groups in total. The number of halogens is 3. The highest BCUT2D eigenvalue weighted by molar-refractivity contribution is 5.89. The van der Waals surface area contributed by atoms with Gasteiger partial charge in [0.15, 0.2) is 5.65 Å². The lowest BCUT2D eigenvalue weighted by Gasteiger charge is -2.34. The van der Waals surface area contributed by atoms with E-state index < -0.39 is 29.0 Å². The van der Waals surface area contributed by atoms with Crippen LogP contribution in [0.25, 0.3) is 11.2 Å². The van der Waals surface area contributed by atoms with Gasteiger partial charge in [-0.2, -0.15) is 13.2 Å². The summed E-state index contributed by atoms with van der Waals surface area (Å²) in [6.45, 7) is 0. The van der Waals surface area contributed by atoms with Crippen molar-refractivity contribution in [1.29, 1.82) is 0 Å². The van der Waals surface area contributed by atoms with Gasteiger partial charge in [-0.3, -0.25) is 4.79 Å². The zero-order valence-electron chi connectivity index (χ0n) is 17.6. The number of H-pyrrole nitrogens is 1. The van der Waals surface area contributed by atoms with Crippen LogP contribution < -0.4 is 10.9 Å². The number of aromatic nitrogens is 4. The number of urea groups is 1. The third kappa shape index (κ3) is 4.32. The Hall–Kier alpha value is -3.37. The molecule has 3 heterocycles. The standard InChI is InChI=1S/C21H23F3N6O2/c1-29-11-13(21(22,23)24)9-16(19(29)31)28-20(32)30(2)14-5-3-12(4-6-14)17-10-26-18-15(27-17)7-8-25-18/h7-12,14H,3-6H2,1-2H3,(H,25,26)(H,28,32). The van der Waals surface area contributed by atoms with Crippen LogP contribution in [0.5, 0.6) is 0 Å². The lowest BCUT2D eigenvalue weighted by atomic mass is 9.83. The molecule has 1 fully saturated rings. The maximum Gasteiger partial charge on any atom is 0.417 e. The molecule has 0 aromatic carbocycles. The number of amides is 2. The molecule has 2 amide bonds. The first-order valence-electron chi connectivity index (χ1n) is 10.2. The summed E-state index contributed by atoms with van der Waals surface area (Å²) in [6, 6.07) is 1.83. The average Bonchev–Trinajstić information content (AvgIpc) is 3.23. The molecular formula is C21H23F3N6O2. The molecule has 1 aliphatic rings. The number of carbonyl (C=O) groups excluding carboxylic acids is 1.